The average Bonchev–Trinajstić information content (AvgIpc) is 3.40. The molecule has 0 aliphatic heterocycles. The number of hydrogen-bond acceptors (Lipinski definition) is 7. The minimum absolute atomic E-state index is 0.154. The zero-order valence-electron chi connectivity index (χ0n) is 29.0. The van der Waals surface area contributed by atoms with Crippen LogP contribution in [0.5, 0.6) is 0 Å². The summed E-state index contributed by atoms with van der Waals surface area (Å²) in [5.74, 6) is -0.553. The van der Waals surface area contributed by atoms with Gasteiger partial charge >= 0.3 is 0 Å². The van der Waals surface area contributed by atoms with Crippen molar-refractivity contribution in [2.45, 2.75) is 6.42 Å². The van der Waals surface area contributed by atoms with Crippen molar-refractivity contribution in [2.75, 3.05) is 0 Å². The summed E-state index contributed by atoms with van der Waals surface area (Å²) in [6, 6.07) is 37.2. The van der Waals surface area contributed by atoms with Gasteiger partial charge in [0.15, 0.2) is 17.5 Å². The van der Waals surface area contributed by atoms with Crippen LogP contribution in [0.1, 0.15) is 28.1 Å². The fraction of sp³-hybridized carbons (Fsp3) is 0.0217. The minimum atomic E-state index is -0.720. The predicted molar refractivity (Wildman–Crippen MR) is 210 cm³/mol. The molecule has 5 heterocycles. The number of rotatable bonds is 5. The van der Waals surface area contributed by atoms with E-state index >= 15 is 0 Å². The molecule has 0 unspecified atom stereocenters. The molecule has 9 heteroatoms. The molecule has 0 radical (unpaired) electrons. The van der Waals surface area contributed by atoms with Crippen LogP contribution in [0.25, 0.3) is 78.7 Å². The second kappa shape index (κ2) is 13.2. The van der Waals surface area contributed by atoms with Gasteiger partial charge in [-0.25, -0.2) is 23.7 Å². The Balaban J connectivity index is 1.06. The van der Waals surface area contributed by atoms with Crippen molar-refractivity contribution in [3.8, 4) is 45.3 Å². The molecule has 0 N–H and O–H groups in total. The van der Waals surface area contributed by atoms with E-state index in [0.29, 0.717) is 29.2 Å². The molecule has 260 valence electrons. The molecule has 0 saturated heterocycles. The van der Waals surface area contributed by atoms with Crippen molar-refractivity contribution in [1.29, 1.82) is 0 Å². The number of halogens is 2. The normalized spacial score (nSPS) is 12.2. The lowest BCUT2D eigenvalue weighted by molar-refractivity contribution is 0.584. The lowest BCUT2D eigenvalue weighted by atomic mass is 9.95. The van der Waals surface area contributed by atoms with Gasteiger partial charge in [-0.05, 0) is 76.4 Å². The molecule has 9 aromatic rings. The Morgan fingerprint density at radius 3 is 1.73 bits per heavy atom. The van der Waals surface area contributed by atoms with Gasteiger partial charge in [0.25, 0.3) is 0 Å². The Kier molecular flexibility index (Phi) is 7.76. The molecule has 0 bridgehead atoms. The van der Waals surface area contributed by atoms with Gasteiger partial charge in [-0.15, -0.1) is 0 Å². The van der Waals surface area contributed by atoms with E-state index < -0.39 is 11.6 Å². The largest absolute Gasteiger partial charge is 0.260 e. The van der Waals surface area contributed by atoms with Gasteiger partial charge in [0.2, 0.25) is 0 Å². The fourth-order valence-corrected chi connectivity index (χ4v) is 7.24. The van der Waals surface area contributed by atoms with Gasteiger partial charge in [-0.3, -0.25) is 19.9 Å². The van der Waals surface area contributed by atoms with Crippen molar-refractivity contribution in [2.24, 2.45) is 0 Å². The topological polar surface area (TPSA) is 90.2 Å². The molecular formula is C46H27F2N7. The zero-order chi connectivity index (χ0) is 36.9. The maximum absolute atomic E-state index is 14.5. The third-order valence-corrected chi connectivity index (χ3v) is 9.87. The molecule has 0 amide bonds. The number of hydrogen-bond donors (Lipinski definition) is 0. The minimum Gasteiger partial charge on any atom is -0.260 e. The number of fused-ring (bicyclic) bond motifs is 5. The van der Waals surface area contributed by atoms with E-state index in [1.165, 1.54) is 12.1 Å². The van der Waals surface area contributed by atoms with E-state index in [-0.39, 0.29) is 11.4 Å². The maximum Gasteiger partial charge on any atom is 0.164 e. The highest BCUT2D eigenvalue weighted by Gasteiger charge is 2.20. The number of benzene rings is 4. The molecule has 1 aliphatic carbocycles. The first-order chi connectivity index (χ1) is 27.0. The standard InChI is InChI=1S/C46H27F2N7/c47-34-21-33(22-35(48)25-34)46-54-44(29-13-9-27(10-14-29)38-23-31-5-1-17-49-40(31)26-41-36(38)7-3-18-50-41)53-45(55-46)30-15-11-28(12-16-30)39-24-32-6-2-19-51-42(32)43-37(39)8-4-20-52-43/h1-25H,26H2. The first kappa shape index (κ1) is 32.3. The highest BCUT2D eigenvalue weighted by molar-refractivity contribution is 6.10. The molecule has 7 nitrogen and oxygen atoms in total. The summed E-state index contributed by atoms with van der Waals surface area (Å²) in [6.45, 7) is 0. The van der Waals surface area contributed by atoms with Crippen molar-refractivity contribution < 1.29 is 8.78 Å². The molecule has 0 fully saturated rings. The summed E-state index contributed by atoms with van der Waals surface area (Å²) in [7, 11) is 0. The highest BCUT2D eigenvalue weighted by Crippen LogP contribution is 2.36. The Hall–Kier alpha value is -7.39. The number of nitrogens with zero attached hydrogens (tertiary/aromatic N) is 7. The lowest BCUT2D eigenvalue weighted by Crippen LogP contribution is -2.01. The van der Waals surface area contributed by atoms with E-state index in [1.807, 2.05) is 91.1 Å². The number of aromatic nitrogens is 7. The molecule has 0 atom stereocenters. The van der Waals surface area contributed by atoms with Gasteiger partial charge in [-0.2, -0.15) is 0 Å². The summed E-state index contributed by atoms with van der Waals surface area (Å²) in [6.07, 6.45) is 9.96. The number of pyridine rings is 4. The molecule has 0 saturated carbocycles. The van der Waals surface area contributed by atoms with E-state index in [9.17, 15) is 8.78 Å². The van der Waals surface area contributed by atoms with Crippen LogP contribution in [-0.4, -0.2) is 34.9 Å². The summed E-state index contributed by atoms with van der Waals surface area (Å²) >= 11 is 0. The second-order valence-electron chi connectivity index (χ2n) is 13.3. The van der Waals surface area contributed by atoms with E-state index in [0.717, 1.165) is 72.7 Å². The quantitative estimate of drug-likeness (QED) is 0.164. The maximum atomic E-state index is 14.5. The summed E-state index contributed by atoms with van der Waals surface area (Å²) < 4.78 is 29.0. The first-order valence-electron chi connectivity index (χ1n) is 17.7. The molecule has 55 heavy (non-hydrogen) atoms. The van der Waals surface area contributed by atoms with Crippen LogP contribution < -0.4 is 0 Å². The molecule has 10 rings (SSSR count). The van der Waals surface area contributed by atoms with Gasteiger partial charge in [0.05, 0.1) is 22.4 Å². The van der Waals surface area contributed by atoms with Crippen LogP contribution in [0.3, 0.4) is 0 Å². The van der Waals surface area contributed by atoms with E-state index in [1.54, 1.807) is 18.6 Å². The Labute approximate surface area is 313 Å². The highest BCUT2D eigenvalue weighted by atomic mass is 19.1. The van der Waals surface area contributed by atoms with Gasteiger partial charge in [0.1, 0.15) is 11.6 Å². The lowest BCUT2D eigenvalue weighted by Gasteiger charge is -2.12. The SMILES string of the molecule is Fc1cc(F)cc(-c2nc(-c3ccc(C4=Cc5cccnc5Cc5ncccc54)cc3)nc(-c3ccc(-c4cc5cccnc5c5ncccc45)cc3)n2)c1. The summed E-state index contributed by atoms with van der Waals surface area (Å²) in [4.78, 5) is 32.9. The Morgan fingerprint density at radius 1 is 0.436 bits per heavy atom. The Morgan fingerprint density at radius 2 is 1.00 bits per heavy atom. The predicted octanol–water partition coefficient (Wildman–Crippen LogP) is 10.2. The van der Waals surface area contributed by atoms with Gasteiger partial charge in [0, 0.05) is 70.3 Å². The summed E-state index contributed by atoms with van der Waals surface area (Å²) in [5.41, 5.74) is 11.3. The van der Waals surface area contributed by atoms with Gasteiger partial charge in [-0.1, -0.05) is 72.8 Å². The monoisotopic (exact) mass is 715 g/mol. The zero-order valence-corrected chi connectivity index (χ0v) is 29.0. The van der Waals surface area contributed by atoms with Gasteiger partial charge < -0.3 is 0 Å². The molecular weight excluding hydrogens is 689 g/mol. The van der Waals surface area contributed by atoms with E-state index in [2.05, 4.69) is 44.2 Å². The fourth-order valence-electron chi connectivity index (χ4n) is 7.24. The molecule has 4 aromatic carbocycles. The Bertz CT molecular complexity index is 2960. The van der Waals surface area contributed by atoms with Crippen LogP contribution in [0.15, 0.2) is 146 Å². The van der Waals surface area contributed by atoms with Crippen molar-refractivity contribution in [3.05, 3.63) is 186 Å². The molecule has 5 aromatic heterocycles. The van der Waals surface area contributed by atoms with Crippen molar-refractivity contribution in [1.82, 2.24) is 34.9 Å². The third-order valence-electron chi connectivity index (χ3n) is 9.87. The van der Waals surface area contributed by atoms with Crippen molar-refractivity contribution >= 4 is 33.5 Å². The van der Waals surface area contributed by atoms with Crippen LogP contribution in [0.2, 0.25) is 0 Å². The summed E-state index contributed by atoms with van der Waals surface area (Å²) in [5, 5.41) is 1.98. The van der Waals surface area contributed by atoms with Crippen molar-refractivity contribution in [3.63, 3.8) is 0 Å². The smallest absolute Gasteiger partial charge is 0.164 e. The van der Waals surface area contributed by atoms with E-state index in [4.69, 9.17) is 15.0 Å². The van der Waals surface area contributed by atoms with Crippen LogP contribution in [0.4, 0.5) is 8.78 Å². The van der Waals surface area contributed by atoms with Crippen LogP contribution >= 0.6 is 0 Å². The van der Waals surface area contributed by atoms with Crippen LogP contribution in [0, 0.1) is 11.6 Å². The molecule has 0 spiro atoms. The average molecular weight is 716 g/mol. The second-order valence-corrected chi connectivity index (χ2v) is 13.3. The van der Waals surface area contributed by atoms with Crippen LogP contribution in [-0.2, 0) is 6.42 Å². The first-order valence-corrected chi connectivity index (χ1v) is 17.7. The molecule has 1 aliphatic rings. The third kappa shape index (κ3) is 5.97.